The molecule has 0 aliphatic rings. The first-order valence-electron chi connectivity index (χ1n) is 5.16. The fraction of sp³-hybridized carbons (Fsp3) is 0.273. The number of thiophene rings is 1. The van der Waals surface area contributed by atoms with Crippen LogP contribution in [0.25, 0.3) is 0 Å². The van der Waals surface area contributed by atoms with Gasteiger partial charge in [-0.05, 0) is 18.6 Å². The molecule has 0 aliphatic carbocycles. The molecular weight excluding hydrogens is 240 g/mol. The molecule has 2 aromatic rings. The highest BCUT2D eigenvalue weighted by Crippen LogP contribution is 2.29. The maximum atomic E-state index is 10.9. The maximum Gasteiger partial charge on any atom is 0.356 e. The Morgan fingerprint density at radius 3 is 2.94 bits per heavy atom. The highest BCUT2D eigenvalue weighted by molar-refractivity contribution is 7.12. The summed E-state index contributed by atoms with van der Waals surface area (Å²) < 4.78 is 0. The Bertz CT molecular complexity index is 532. The van der Waals surface area contributed by atoms with Gasteiger partial charge >= 0.3 is 5.97 Å². The minimum absolute atomic E-state index is 0.135. The van der Waals surface area contributed by atoms with E-state index in [4.69, 9.17) is 5.11 Å². The summed E-state index contributed by atoms with van der Waals surface area (Å²) in [4.78, 5) is 19.1. The lowest BCUT2D eigenvalue weighted by molar-refractivity contribution is 0.0685. The summed E-state index contributed by atoms with van der Waals surface area (Å²) in [6.45, 7) is 2.03. The Morgan fingerprint density at radius 1 is 1.59 bits per heavy atom. The van der Waals surface area contributed by atoms with Gasteiger partial charge in [0.2, 0.25) is 0 Å². The van der Waals surface area contributed by atoms with E-state index in [9.17, 15) is 9.90 Å². The van der Waals surface area contributed by atoms with Crippen molar-refractivity contribution in [3.8, 4) is 0 Å². The molecule has 1 unspecified atom stereocenters. The molecule has 0 radical (unpaired) electrons. The molecule has 2 heterocycles. The van der Waals surface area contributed by atoms with E-state index in [1.165, 1.54) is 17.7 Å². The SMILES string of the molecule is CCc1ccc(C(O)c2[nH]cnc2C(=O)O)s1. The number of carbonyl (C=O) groups is 1. The molecule has 3 N–H and O–H groups in total. The van der Waals surface area contributed by atoms with Gasteiger partial charge in [-0.1, -0.05) is 6.92 Å². The summed E-state index contributed by atoms with van der Waals surface area (Å²) in [5.74, 6) is -1.15. The third-order valence-electron chi connectivity index (χ3n) is 2.45. The monoisotopic (exact) mass is 252 g/mol. The number of rotatable bonds is 4. The minimum atomic E-state index is -1.15. The number of aliphatic hydroxyl groups excluding tert-OH is 1. The second kappa shape index (κ2) is 4.68. The lowest BCUT2D eigenvalue weighted by Gasteiger charge is -2.06. The van der Waals surface area contributed by atoms with Gasteiger partial charge in [-0.25, -0.2) is 9.78 Å². The molecule has 0 aliphatic heterocycles. The van der Waals surface area contributed by atoms with Crippen LogP contribution in [0.1, 0.15) is 39.0 Å². The summed E-state index contributed by atoms with van der Waals surface area (Å²) in [5, 5.41) is 19.0. The third kappa shape index (κ3) is 2.22. The van der Waals surface area contributed by atoms with Gasteiger partial charge in [0.1, 0.15) is 6.10 Å². The van der Waals surface area contributed by atoms with Gasteiger partial charge in [-0.3, -0.25) is 0 Å². The number of aromatic nitrogens is 2. The van der Waals surface area contributed by atoms with Gasteiger partial charge in [0, 0.05) is 9.75 Å². The molecule has 0 aromatic carbocycles. The van der Waals surface area contributed by atoms with E-state index in [0.717, 1.165) is 11.3 Å². The number of nitrogens with one attached hydrogen (secondary N) is 1. The summed E-state index contributed by atoms with van der Waals surface area (Å²) in [6.07, 6.45) is 1.21. The Balaban J connectivity index is 2.33. The fourth-order valence-electron chi connectivity index (χ4n) is 1.56. The number of aryl methyl sites for hydroxylation is 1. The first kappa shape index (κ1) is 11.8. The summed E-state index contributed by atoms with van der Waals surface area (Å²) in [6, 6.07) is 3.74. The fourth-order valence-corrected chi connectivity index (χ4v) is 2.51. The van der Waals surface area contributed by atoms with Crippen LogP contribution in [0.15, 0.2) is 18.5 Å². The number of nitrogens with zero attached hydrogens (tertiary/aromatic N) is 1. The van der Waals surface area contributed by atoms with E-state index in [2.05, 4.69) is 9.97 Å². The molecule has 0 saturated carbocycles. The molecule has 0 saturated heterocycles. The van der Waals surface area contributed by atoms with Gasteiger partial charge in [0.05, 0.1) is 12.0 Å². The maximum absolute atomic E-state index is 10.9. The lowest BCUT2D eigenvalue weighted by Crippen LogP contribution is -2.07. The molecule has 5 nitrogen and oxygen atoms in total. The van der Waals surface area contributed by atoms with Crippen molar-refractivity contribution in [2.45, 2.75) is 19.4 Å². The molecule has 2 rings (SSSR count). The minimum Gasteiger partial charge on any atom is -0.476 e. The van der Waals surface area contributed by atoms with Crippen molar-refractivity contribution in [3.63, 3.8) is 0 Å². The van der Waals surface area contributed by atoms with Gasteiger partial charge in [-0.15, -0.1) is 11.3 Å². The van der Waals surface area contributed by atoms with Crippen LogP contribution in [0.3, 0.4) is 0 Å². The van der Waals surface area contributed by atoms with Crippen molar-refractivity contribution >= 4 is 17.3 Å². The van der Waals surface area contributed by atoms with Crippen LogP contribution in [-0.4, -0.2) is 26.2 Å². The van der Waals surface area contributed by atoms with Crippen LogP contribution in [-0.2, 0) is 6.42 Å². The predicted molar refractivity (Wildman–Crippen MR) is 63.3 cm³/mol. The number of imidazole rings is 1. The van der Waals surface area contributed by atoms with E-state index in [0.29, 0.717) is 4.88 Å². The molecule has 0 amide bonds. The van der Waals surface area contributed by atoms with E-state index in [1.54, 1.807) is 6.07 Å². The first-order valence-corrected chi connectivity index (χ1v) is 5.98. The zero-order valence-corrected chi connectivity index (χ0v) is 9.99. The van der Waals surface area contributed by atoms with Gasteiger partial charge in [0.15, 0.2) is 5.69 Å². The molecule has 0 spiro atoms. The molecule has 0 bridgehead atoms. The normalized spacial score (nSPS) is 12.6. The number of aromatic amines is 1. The second-order valence-electron chi connectivity index (χ2n) is 3.53. The van der Waals surface area contributed by atoms with E-state index in [1.807, 2.05) is 13.0 Å². The zero-order valence-electron chi connectivity index (χ0n) is 9.17. The number of hydrogen-bond acceptors (Lipinski definition) is 4. The van der Waals surface area contributed by atoms with Crippen LogP contribution >= 0.6 is 11.3 Å². The number of hydrogen-bond donors (Lipinski definition) is 3. The van der Waals surface area contributed by atoms with Crippen molar-refractivity contribution in [1.29, 1.82) is 0 Å². The molecule has 90 valence electrons. The molecule has 6 heteroatoms. The van der Waals surface area contributed by atoms with Crippen LogP contribution in [0, 0.1) is 0 Å². The quantitative estimate of drug-likeness (QED) is 0.774. The molecular formula is C11H12N2O3S. The van der Waals surface area contributed by atoms with Crippen molar-refractivity contribution < 1.29 is 15.0 Å². The average molecular weight is 252 g/mol. The van der Waals surface area contributed by atoms with Crippen molar-refractivity contribution in [1.82, 2.24) is 9.97 Å². The number of carboxylic acid groups (broad SMARTS) is 1. The number of carboxylic acids is 1. The largest absolute Gasteiger partial charge is 0.476 e. The summed E-state index contributed by atoms with van der Waals surface area (Å²) >= 11 is 1.47. The predicted octanol–water partition coefficient (Wildman–Crippen LogP) is 1.81. The molecule has 0 fully saturated rings. The van der Waals surface area contributed by atoms with E-state index >= 15 is 0 Å². The van der Waals surface area contributed by atoms with Crippen molar-refractivity contribution in [2.75, 3.05) is 0 Å². The highest BCUT2D eigenvalue weighted by atomic mass is 32.1. The molecule has 17 heavy (non-hydrogen) atoms. The van der Waals surface area contributed by atoms with Gasteiger partial charge in [0.25, 0.3) is 0 Å². The van der Waals surface area contributed by atoms with Crippen molar-refractivity contribution in [3.05, 3.63) is 39.6 Å². The summed E-state index contributed by atoms with van der Waals surface area (Å²) in [7, 11) is 0. The van der Waals surface area contributed by atoms with Crippen molar-refractivity contribution in [2.24, 2.45) is 0 Å². The van der Waals surface area contributed by atoms with Crippen LogP contribution < -0.4 is 0 Å². The van der Waals surface area contributed by atoms with Crippen LogP contribution in [0.5, 0.6) is 0 Å². The zero-order chi connectivity index (χ0) is 12.4. The molecule has 1 atom stereocenters. The third-order valence-corrected chi connectivity index (χ3v) is 3.73. The van der Waals surface area contributed by atoms with E-state index in [-0.39, 0.29) is 11.4 Å². The van der Waals surface area contributed by atoms with Gasteiger partial charge in [-0.2, -0.15) is 0 Å². The lowest BCUT2D eigenvalue weighted by atomic mass is 10.2. The number of H-pyrrole nitrogens is 1. The Morgan fingerprint density at radius 2 is 2.35 bits per heavy atom. The smallest absolute Gasteiger partial charge is 0.356 e. The Kier molecular flexibility index (Phi) is 3.26. The van der Waals surface area contributed by atoms with Gasteiger partial charge < -0.3 is 15.2 Å². The van der Waals surface area contributed by atoms with Crippen LogP contribution in [0.4, 0.5) is 0 Å². The van der Waals surface area contributed by atoms with Crippen LogP contribution in [0.2, 0.25) is 0 Å². The van der Waals surface area contributed by atoms with E-state index < -0.39 is 12.1 Å². The standard InChI is InChI=1S/C11H12N2O3S/c1-2-6-3-4-7(17-6)10(14)8-9(11(15)16)13-5-12-8/h3-5,10,14H,2H2,1H3,(H,12,13)(H,15,16). The Hall–Kier alpha value is -1.66. The average Bonchev–Trinajstić information content (AvgIpc) is 2.97. The topological polar surface area (TPSA) is 86.2 Å². The summed E-state index contributed by atoms with van der Waals surface area (Å²) in [5.41, 5.74) is 0.0888. The first-order chi connectivity index (χ1) is 8.13. The second-order valence-corrected chi connectivity index (χ2v) is 4.73. The number of aliphatic hydroxyl groups is 1. The molecule has 2 aromatic heterocycles. The Labute approximate surface area is 102 Å². The number of aromatic carboxylic acids is 1. The highest BCUT2D eigenvalue weighted by Gasteiger charge is 2.22.